The lowest BCUT2D eigenvalue weighted by Gasteiger charge is -2.08. The van der Waals surface area contributed by atoms with Crippen LogP contribution in [0.4, 0.5) is 11.8 Å². The second kappa shape index (κ2) is 7.04. The number of ether oxygens (including phenoxy) is 2. The van der Waals surface area contributed by atoms with Gasteiger partial charge in [0.05, 0.1) is 12.2 Å². The van der Waals surface area contributed by atoms with E-state index in [4.69, 9.17) is 9.47 Å². The molecule has 0 saturated heterocycles. The molecule has 0 saturated carbocycles. The van der Waals surface area contributed by atoms with E-state index in [1.807, 2.05) is 42.5 Å². The van der Waals surface area contributed by atoms with Gasteiger partial charge in [-0.25, -0.2) is 4.98 Å². The van der Waals surface area contributed by atoms with Crippen molar-refractivity contribution in [2.75, 3.05) is 17.4 Å². The van der Waals surface area contributed by atoms with Crippen LogP contribution in [0.1, 0.15) is 11.3 Å². The van der Waals surface area contributed by atoms with Crippen LogP contribution in [-0.4, -0.2) is 21.7 Å². The van der Waals surface area contributed by atoms with Crippen LogP contribution >= 0.6 is 0 Å². The first kappa shape index (κ1) is 15.2. The molecular weight excluding hydrogens is 318 g/mol. The molecule has 4 rings (SSSR count). The summed E-state index contributed by atoms with van der Waals surface area (Å²) < 4.78 is 10.7. The lowest BCUT2D eigenvalue weighted by Crippen LogP contribution is -2.07. The summed E-state index contributed by atoms with van der Waals surface area (Å²) in [7, 11) is 0. The van der Waals surface area contributed by atoms with E-state index in [0.29, 0.717) is 19.0 Å². The zero-order valence-electron chi connectivity index (χ0n) is 13.5. The summed E-state index contributed by atoms with van der Waals surface area (Å²) in [6.07, 6.45) is 3.49. The molecule has 0 unspecified atom stereocenters. The van der Waals surface area contributed by atoms with Crippen molar-refractivity contribution in [1.82, 2.24) is 15.0 Å². The van der Waals surface area contributed by atoms with Crippen molar-refractivity contribution in [1.29, 1.82) is 0 Å². The fraction of sp³-hybridized carbons (Fsp3) is 0.167. The van der Waals surface area contributed by atoms with Crippen molar-refractivity contribution >= 4 is 11.8 Å². The van der Waals surface area contributed by atoms with Crippen molar-refractivity contribution in [2.24, 2.45) is 0 Å². The number of aromatic nitrogens is 3. The minimum absolute atomic E-state index is 0.277. The molecule has 2 N–H and O–H groups in total. The van der Waals surface area contributed by atoms with Crippen molar-refractivity contribution in [2.45, 2.75) is 13.1 Å². The Labute approximate surface area is 145 Å². The van der Waals surface area contributed by atoms with Crippen LogP contribution in [0.2, 0.25) is 0 Å². The SMILES string of the molecule is c1ccc(CNc2ccnc(NCc3ccc4c(c3)OCO4)n2)nc1. The third kappa shape index (κ3) is 3.77. The van der Waals surface area contributed by atoms with Gasteiger partial charge in [0.2, 0.25) is 12.7 Å². The second-order valence-corrected chi connectivity index (χ2v) is 5.48. The maximum absolute atomic E-state index is 5.39. The highest BCUT2D eigenvalue weighted by Gasteiger charge is 2.13. The molecular formula is C18H17N5O2. The number of anilines is 2. The van der Waals surface area contributed by atoms with Crippen LogP contribution in [0.3, 0.4) is 0 Å². The molecule has 0 fully saturated rings. The summed E-state index contributed by atoms with van der Waals surface area (Å²) in [5, 5.41) is 6.46. The molecule has 1 aliphatic rings. The van der Waals surface area contributed by atoms with Gasteiger partial charge in [0.25, 0.3) is 0 Å². The molecule has 0 atom stereocenters. The summed E-state index contributed by atoms with van der Waals surface area (Å²) in [6, 6.07) is 13.5. The average molecular weight is 335 g/mol. The van der Waals surface area contributed by atoms with Gasteiger partial charge in [0, 0.05) is 18.9 Å². The van der Waals surface area contributed by atoms with E-state index in [1.165, 1.54) is 0 Å². The molecule has 0 spiro atoms. The third-order valence-electron chi connectivity index (χ3n) is 3.72. The predicted molar refractivity (Wildman–Crippen MR) is 93.5 cm³/mol. The van der Waals surface area contributed by atoms with E-state index in [-0.39, 0.29) is 6.79 Å². The van der Waals surface area contributed by atoms with E-state index < -0.39 is 0 Å². The molecule has 0 aliphatic carbocycles. The van der Waals surface area contributed by atoms with Gasteiger partial charge in [0.15, 0.2) is 11.5 Å². The Balaban J connectivity index is 1.36. The Bertz CT molecular complexity index is 857. The highest BCUT2D eigenvalue weighted by Crippen LogP contribution is 2.32. The highest BCUT2D eigenvalue weighted by atomic mass is 16.7. The van der Waals surface area contributed by atoms with Crippen LogP contribution in [-0.2, 0) is 13.1 Å². The lowest BCUT2D eigenvalue weighted by molar-refractivity contribution is 0.174. The third-order valence-corrected chi connectivity index (χ3v) is 3.72. The average Bonchev–Trinajstić information content (AvgIpc) is 3.14. The smallest absolute Gasteiger partial charge is 0.231 e. The first-order valence-electron chi connectivity index (χ1n) is 7.96. The summed E-state index contributed by atoms with van der Waals surface area (Å²) in [4.78, 5) is 13.0. The van der Waals surface area contributed by atoms with Gasteiger partial charge >= 0.3 is 0 Å². The maximum atomic E-state index is 5.39. The molecule has 7 heteroatoms. The molecule has 126 valence electrons. The monoisotopic (exact) mass is 335 g/mol. The van der Waals surface area contributed by atoms with Gasteiger partial charge in [-0.1, -0.05) is 12.1 Å². The molecule has 0 bridgehead atoms. The molecule has 0 radical (unpaired) electrons. The fourth-order valence-corrected chi connectivity index (χ4v) is 2.46. The van der Waals surface area contributed by atoms with Crippen LogP contribution in [0.15, 0.2) is 54.9 Å². The Hall–Kier alpha value is -3.35. The molecule has 1 aromatic carbocycles. The quantitative estimate of drug-likeness (QED) is 0.717. The largest absolute Gasteiger partial charge is 0.454 e. The molecule has 3 heterocycles. The maximum Gasteiger partial charge on any atom is 0.231 e. The number of hydrogen-bond donors (Lipinski definition) is 2. The van der Waals surface area contributed by atoms with Gasteiger partial charge in [-0.2, -0.15) is 4.98 Å². The van der Waals surface area contributed by atoms with Crippen molar-refractivity contribution in [3.05, 3.63) is 66.1 Å². The molecule has 3 aromatic rings. The zero-order chi connectivity index (χ0) is 16.9. The summed E-state index contributed by atoms with van der Waals surface area (Å²) in [5.74, 6) is 2.85. The Morgan fingerprint density at radius 3 is 2.76 bits per heavy atom. The Kier molecular flexibility index (Phi) is 4.28. The molecule has 0 amide bonds. The van der Waals surface area contributed by atoms with Crippen molar-refractivity contribution in [3.63, 3.8) is 0 Å². The topological polar surface area (TPSA) is 81.2 Å². The standard InChI is InChI=1S/C18H17N5O2/c1-2-7-19-14(3-1)11-21-17-6-8-20-18(23-17)22-10-13-4-5-15-16(9-13)25-12-24-15/h1-9H,10-12H2,(H2,20,21,22,23). The summed E-state index contributed by atoms with van der Waals surface area (Å²) >= 11 is 0. The fourth-order valence-electron chi connectivity index (χ4n) is 2.46. The molecule has 25 heavy (non-hydrogen) atoms. The zero-order valence-corrected chi connectivity index (χ0v) is 13.5. The van der Waals surface area contributed by atoms with Gasteiger partial charge in [-0.3, -0.25) is 4.98 Å². The van der Waals surface area contributed by atoms with Gasteiger partial charge in [-0.05, 0) is 35.9 Å². The van der Waals surface area contributed by atoms with E-state index in [9.17, 15) is 0 Å². The van der Waals surface area contributed by atoms with E-state index in [2.05, 4.69) is 25.6 Å². The number of nitrogens with one attached hydrogen (secondary N) is 2. The van der Waals surface area contributed by atoms with Crippen LogP contribution in [0.25, 0.3) is 0 Å². The van der Waals surface area contributed by atoms with Crippen molar-refractivity contribution in [3.8, 4) is 11.5 Å². The number of hydrogen-bond acceptors (Lipinski definition) is 7. The first-order valence-corrected chi connectivity index (χ1v) is 7.96. The molecule has 1 aliphatic heterocycles. The minimum Gasteiger partial charge on any atom is -0.454 e. The molecule has 2 aromatic heterocycles. The van der Waals surface area contributed by atoms with E-state index in [0.717, 1.165) is 28.6 Å². The van der Waals surface area contributed by atoms with Gasteiger partial charge in [0.1, 0.15) is 5.82 Å². The number of nitrogens with zero attached hydrogens (tertiary/aromatic N) is 3. The highest BCUT2D eigenvalue weighted by molar-refractivity contribution is 5.46. The normalized spacial score (nSPS) is 12.0. The van der Waals surface area contributed by atoms with E-state index in [1.54, 1.807) is 12.4 Å². The van der Waals surface area contributed by atoms with Gasteiger partial charge in [-0.15, -0.1) is 0 Å². The van der Waals surface area contributed by atoms with Crippen LogP contribution in [0.5, 0.6) is 11.5 Å². The van der Waals surface area contributed by atoms with E-state index >= 15 is 0 Å². The summed E-state index contributed by atoms with van der Waals surface area (Å²) in [5.41, 5.74) is 2.02. The van der Waals surface area contributed by atoms with Crippen LogP contribution in [0, 0.1) is 0 Å². The van der Waals surface area contributed by atoms with Crippen LogP contribution < -0.4 is 20.1 Å². The Morgan fingerprint density at radius 2 is 1.84 bits per heavy atom. The number of rotatable bonds is 6. The summed E-state index contributed by atoms with van der Waals surface area (Å²) in [6.45, 7) is 1.49. The lowest BCUT2D eigenvalue weighted by atomic mass is 10.2. The molecule has 7 nitrogen and oxygen atoms in total. The van der Waals surface area contributed by atoms with Gasteiger partial charge < -0.3 is 20.1 Å². The number of pyridine rings is 1. The number of benzene rings is 1. The van der Waals surface area contributed by atoms with Crippen molar-refractivity contribution < 1.29 is 9.47 Å². The Morgan fingerprint density at radius 1 is 0.880 bits per heavy atom. The first-order chi connectivity index (χ1) is 12.4. The number of fused-ring (bicyclic) bond motifs is 1. The minimum atomic E-state index is 0.277. The predicted octanol–water partition coefficient (Wildman–Crippen LogP) is 2.82. The second-order valence-electron chi connectivity index (χ2n) is 5.48.